The minimum atomic E-state index is 0. The van der Waals surface area contributed by atoms with Gasteiger partial charge in [0.15, 0.2) is 17.5 Å². The van der Waals surface area contributed by atoms with Crippen molar-refractivity contribution in [3.05, 3.63) is 23.3 Å². The van der Waals surface area contributed by atoms with Gasteiger partial charge in [-0.15, -0.1) is 24.0 Å². The van der Waals surface area contributed by atoms with Crippen LogP contribution in [0.4, 0.5) is 0 Å². The molecule has 0 spiro atoms. The quantitative estimate of drug-likeness (QED) is 0.366. The number of methoxy groups -OCH3 is 2. The van der Waals surface area contributed by atoms with Crippen molar-refractivity contribution in [1.29, 1.82) is 0 Å². The monoisotopic (exact) mass is 517 g/mol. The number of likely N-dealkylation sites (N-methyl/N-ethyl adjacent to an activating group) is 2. The Hall–Kier alpha value is -1.26. The van der Waals surface area contributed by atoms with Gasteiger partial charge in [0, 0.05) is 45.3 Å². The van der Waals surface area contributed by atoms with Gasteiger partial charge in [0.1, 0.15) is 0 Å². The zero-order chi connectivity index (χ0) is 20.1. The summed E-state index contributed by atoms with van der Waals surface area (Å²) in [7, 11) is 7.78. The molecule has 1 unspecified atom stereocenters. The number of fused-ring (bicyclic) bond motifs is 1. The smallest absolute Gasteiger partial charge is 0.194 e. The third kappa shape index (κ3) is 5.88. The molecule has 7 nitrogen and oxygen atoms in total. The normalized spacial score (nSPS) is 20.7. The fraction of sp³-hybridized carbons (Fsp3) is 0.667. The maximum absolute atomic E-state index is 5.49. The molecule has 8 heteroatoms. The predicted molar refractivity (Wildman–Crippen MR) is 129 cm³/mol. The van der Waals surface area contributed by atoms with Crippen molar-refractivity contribution in [3.63, 3.8) is 0 Å². The first-order chi connectivity index (χ1) is 13.5. The number of guanidine groups is 1. The number of nitrogens with zero attached hydrogens (tertiary/aromatic N) is 4. The van der Waals surface area contributed by atoms with E-state index in [0.717, 1.165) is 69.7 Å². The molecule has 3 rings (SSSR count). The number of halogens is 1. The molecule has 1 fully saturated rings. The number of piperazine rings is 1. The van der Waals surface area contributed by atoms with Crippen LogP contribution in [0, 0.1) is 0 Å². The average Bonchev–Trinajstić information content (AvgIpc) is 2.71. The van der Waals surface area contributed by atoms with Crippen LogP contribution >= 0.6 is 24.0 Å². The number of hydrogen-bond acceptors (Lipinski definition) is 5. The first-order valence-corrected chi connectivity index (χ1v) is 10.2. The summed E-state index contributed by atoms with van der Waals surface area (Å²) in [6.07, 6.45) is 0.978. The topological polar surface area (TPSA) is 52.6 Å². The molecule has 0 radical (unpaired) electrons. The van der Waals surface area contributed by atoms with Crippen molar-refractivity contribution in [1.82, 2.24) is 20.0 Å². The van der Waals surface area contributed by atoms with Gasteiger partial charge in [-0.3, -0.25) is 9.89 Å². The summed E-state index contributed by atoms with van der Waals surface area (Å²) >= 11 is 0. The molecule has 0 saturated carbocycles. The Balaban J connectivity index is 0.00000300. The first kappa shape index (κ1) is 24.0. The van der Waals surface area contributed by atoms with Gasteiger partial charge in [-0.1, -0.05) is 0 Å². The van der Waals surface area contributed by atoms with Gasteiger partial charge in [0.05, 0.1) is 20.8 Å². The van der Waals surface area contributed by atoms with Gasteiger partial charge in [0.2, 0.25) is 0 Å². The molecule has 1 aromatic rings. The molecule has 2 heterocycles. The highest BCUT2D eigenvalue weighted by Crippen LogP contribution is 2.33. The van der Waals surface area contributed by atoms with Crippen LogP contribution in [-0.4, -0.2) is 94.3 Å². The molecular formula is C21H36IN5O2. The molecule has 0 aromatic heterocycles. The van der Waals surface area contributed by atoms with Crippen LogP contribution in [-0.2, 0) is 13.0 Å². The summed E-state index contributed by atoms with van der Waals surface area (Å²) in [5.41, 5.74) is 2.61. The van der Waals surface area contributed by atoms with E-state index in [1.165, 1.54) is 11.1 Å². The van der Waals surface area contributed by atoms with Crippen LogP contribution in [0.25, 0.3) is 0 Å². The summed E-state index contributed by atoms with van der Waals surface area (Å²) in [5, 5.41) is 3.49. The average molecular weight is 517 g/mol. The fourth-order valence-electron chi connectivity index (χ4n) is 3.98. The van der Waals surface area contributed by atoms with Crippen LogP contribution in [0.5, 0.6) is 11.5 Å². The number of rotatable bonds is 5. The second-order valence-electron chi connectivity index (χ2n) is 7.74. The van der Waals surface area contributed by atoms with Crippen molar-refractivity contribution in [2.75, 3.05) is 67.6 Å². The Morgan fingerprint density at radius 3 is 2.45 bits per heavy atom. The van der Waals surface area contributed by atoms with E-state index < -0.39 is 0 Å². The van der Waals surface area contributed by atoms with Crippen LogP contribution in [0.2, 0.25) is 0 Å². The summed E-state index contributed by atoms with van der Waals surface area (Å²) in [4.78, 5) is 12.2. The van der Waals surface area contributed by atoms with Gasteiger partial charge in [-0.2, -0.15) is 0 Å². The lowest BCUT2D eigenvalue weighted by Crippen LogP contribution is -2.52. The molecule has 1 saturated heterocycles. The SMILES string of the molecule is CCNC(=NCC1CN(C)CCN1C)N1CCc2cc(OC)c(OC)cc2C1.I. The Kier molecular flexibility index (Phi) is 9.29. The lowest BCUT2D eigenvalue weighted by molar-refractivity contribution is 0.119. The number of aliphatic imine (C=N–C) groups is 1. The van der Waals surface area contributed by atoms with E-state index in [0.29, 0.717) is 6.04 Å². The number of hydrogen-bond donors (Lipinski definition) is 1. The van der Waals surface area contributed by atoms with E-state index in [-0.39, 0.29) is 24.0 Å². The third-order valence-electron chi connectivity index (χ3n) is 5.78. The maximum Gasteiger partial charge on any atom is 0.194 e. The minimum absolute atomic E-state index is 0. The van der Waals surface area contributed by atoms with Gasteiger partial charge >= 0.3 is 0 Å². The number of benzene rings is 1. The van der Waals surface area contributed by atoms with Crippen LogP contribution < -0.4 is 14.8 Å². The van der Waals surface area contributed by atoms with E-state index >= 15 is 0 Å². The van der Waals surface area contributed by atoms with Gasteiger partial charge < -0.3 is 24.6 Å². The lowest BCUT2D eigenvalue weighted by Gasteiger charge is -2.37. The predicted octanol–water partition coefficient (Wildman–Crippen LogP) is 1.89. The van der Waals surface area contributed by atoms with Crippen molar-refractivity contribution >= 4 is 29.9 Å². The van der Waals surface area contributed by atoms with Gasteiger partial charge in [0.25, 0.3) is 0 Å². The third-order valence-corrected chi connectivity index (χ3v) is 5.78. The zero-order valence-corrected chi connectivity index (χ0v) is 20.7. The Labute approximate surface area is 192 Å². The van der Waals surface area contributed by atoms with Crippen LogP contribution in [0.1, 0.15) is 18.1 Å². The molecular weight excluding hydrogens is 481 g/mol. The molecule has 1 N–H and O–H groups in total. The molecule has 2 aliphatic heterocycles. The van der Waals surface area contributed by atoms with E-state index in [9.17, 15) is 0 Å². The summed E-state index contributed by atoms with van der Waals surface area (Å²) in [5.74, 6) is 2.60. The van der Waals surface area contributed by atoms with E-state index in [4.69, 9.17) is 14.5 Å². The Morgan fingerprint density at radius 1 is 1.10 bits per heavy atom. The largest absolute Gasteiger partial charge is 0.493 e. The second kappa shape index (κ2) is 11.2. The summed E-state index contributed by atoms with van der Waals surface area (Å²) in [6, 6.07) is 4.68. The highest BCUT2D eigenvalue weighted by Gasteiger charge is 2.24. The summed E-state index contributed by atoms with van der Waals surface area (Å²) in [6.45, 7) is 8.90. The van der Waals surface area contributed by atoms with Crippen molar-refractivity contribution < 1.29 is 9.47 Å². The van der Waals surface area contributed by atoms with Crippen LogP contribution in [0.3, 0.4) is 0 Å². The highest BCUT2D eigenvalue weighted by atomic mass is 127. The molecule has 29 heavy (non-hydrogen) atoms. The standard InChI is InChI=1S/C21H35N5O2.HI/c1-6-22-21(23-13-18-15-24(2)9-10-25(18)3)26-8-7-16-11-19(27-4)20(28-5)12-17(16)14-26;/h11-12,18H,6-10,13-15H2,1-5H3,(H,22,23);1H. The van der Waals surface area contributed by atoms with Crippen LogP contribution in [0.15, 0.2) is 17.1 Å². The second-order valence-corrected chi connectivity index (χ2v) is 7.74. The van der Waals surface area contributed by atoms with Gasteiger partial charge in [-0.05, 0) is 50.7 Å². The van der Waals surface area contributed by atoms with Crippen molar-refractivity contribution in [2.24, 2.45) is 4.99 Å². The number of ether oxygens (including phenoxy) is 2. The lowest BCUT2D eigenvalue weighted by atomic mass is 9.99. The maximum atomic E-state index is 5.49. The zero-order valence-electron chi connectivity index (χ0n) is 18.4. The molecule has 0 amide bonds. The molecule has 0 aliphatic carbocycles. The molecule has 164 valence electrons. The molecule has 1 atom stereocenters. The molecule has 1 aromatic carbocycles. The van der Waals surface area contributed by atoms with E-state index in [1.807, 2.05) is 0 Å². The first-order valence-electron chi connectivity index (χ1n) is 10.2. The Bertz CT molecular complexity index is 700. The minimum Gasteiger partial charge on any atom is -0.493 e. The van der Waals surface area contributed by atoms with Crippen molar-refractivity contribution in [3.8, 4) is 11.5 Å². The Morgan fingerprint density at radius 2 is 1.79 bits per heavy atom. The number of nitrogens with one attached hydrogen (secondary N) is 1. The van der Waals surface area contributed by atoms with E-state index in [1.54, 1.807) is 14.2 Å². The van der Waals surface area contributed by atoms with E-state index in [2.05, 4.69) is 53.2 Å². The summed E-state index contributed by atoms with van der Waals surface area (Å²) < 4.78 is 11.0. The van der Waals surface area contributed by atoms with Crippen molar-refractivity contribution in [2.45, 2.75) is 25.9 Å². The fourth-order valence-corrected chi connectivity index (χ4v) is 3.98. The molecule has 0 bridgehead atoms. The molecule has 2 aliphatic rings. The van der Waals surface area contributed by atoms with Gasteiger partial charge in [-0.25, -0.2) is 0 Å². The highest BCUT2D eigenvalue weighted by molar-refractivity contribution is 14.0.